The van der Waals surface area contributed by atoms with Gasteiger partial charge in [0.2, 0.25) is 0 Å². The Hall–Kier alpha value is -0.960. The molecule has 0 bridgehead atoms. The van der Waals surface area contributed by atoms with Crippen molar-refractivity contribution < 1.29 is 8.78 Å². The second kappa shape index (κ2) is 6.66. The van der Waals surface area contributed by atoms with Crippen LogP contribution in [0.1, 0.15) is 64.0 Å². The van der Waals surface area contributed by atoms with Crippen LogP contribution < -0.4 is 5.32 Å². The van der Waals surface area contributed by atoms with Crippen molar-refractivity contribution in [3.05, 3.63) is 35.4 Å². The second-order valence-electron chi connectivity index (χ2n) is 6.28. The van der Waals surface area contributed by atoms with Crippen molar-refractivity contribution in [3.63, 3.8) is 0 Å². The molecule has 1 saturated carbocycles. The molecule has 0 heterocycles. The predicted octanol–water partition coefficient (Wildman–Crippen LogP) is 4.98. The fourth-order valence-electron chi connectivity index (χ4n) is 3.40. The van der Waals surface area contributed by atoms with Gasteiger partial charge in [0.15, 0.2) is 11.6 Å². The van der Waals surface area contributed by atoms with E-state index < -0.39 is 11.6 Å². The van der Waals surface area contributed by atoms with Gasteiger partial charge >= 0.3 is 0 Å². The van der Waals surface area contributed by atoms with E-state index in [4.69, 9.17) is 0 Å². The van der Waals surface area contributed by atoms with Crippen LogP contribution >= 0.6 is 0 Å². The van der Waals surface area contributed by atoms with Crippen LogP contribution in [0, 0.1) is 17.0 Å². The summed E-state index contributed by atoms with van der Waals surface area (Å²) in [6.45, 7) is 5.30. The van der Waals surface area contributed by atoms with Gasteiger partial charge in [-0.15, -0.1) is 0 Å². The number of rotatable bonds is 5. The summed E-state index contributed by atoms with van der Waals surface area (Å²) >= 11 is 0. The number of hydrogen-bond acceptors (Lipinski definition) is 1. The van der Waals surface area contributed by atoms with Crippen molar-refractivity contribution in [2.24, 2.45) is 5.41 Å². The molecule has 0 radical (unpaired) electrons. The minimum atomic E-state index is -0.767. The van der Waals surface area contributed by atoms with Crippen LogP contribution in [0.2, 0.25) is 0 Å². The molecule has 20 heavy (non-hydrogen) atoms. The van der Waals surface area contributed by atoms with E-state index in [0.717, 1.165) is 31.4 Å². The lowest BCUT2D eigenvalue weighted by Gasteiger charge is -2.41. The number of nitrogens with one attached hydrogen (secondary N) is 1. The molecule has 0 spiro atoms. The molecular weight excluding hydrogens is 256 g/mol. The second-order valence-corrected chi connectivity index (χ2v) is 6.28. The summed E-state index contributed by atoms with van der Waals surface area (Å²) in [6, 6.07) is 4.45. The molecule has 1 aromatic carbocycles. The molecule has 3 heteroatoms. The third-order valence-corrected chi connectivity index (χ3v) is 4.57. The number of halogens is 2. The summed E-state index contributed by atoms with van der Waals surface area (Å²) in [5, 5.41) is 3.55. The zero-order valence-electron chi connectivity index (χ0n) is 12.5. The molecule has 1 aromatic rings. The molecule has 112 valence electrons. The molecule has 1 unspecified atom stereocenters. The Morgan fingerprint density at radius 2 is 1.85 bits per heavy atom. The Morgan fingerprint density at radius 3 is 2.45 bits per heavy atom. The highest BCUT2D eigenvalue weighted by atomic mass is 19.2. The van der Waals surface area contributed by atoms with Crippen LogP contribution in [0.5, 0.6) is 0 Å². The molecule has 0 aliphatic heterocycles. The molecule has 2 rings (SSSR count). The lowest BCUT2D eigenvalue weighted by Crippen LogP contribution is -2.38. The van der Waals surface area contributed by atoms with Crippen LogP contribution in [-0.4, -0.2) is 6.54 Å². The zero-order valence-corrected chi connectivity index (χ0v) is 12.5. The van der Waals surface area contributed by atoms with Gasteiger partial charge in [0.1, 0.15) is 0 Å². The maximum Gasteiger partial charge on any atom is 0.159 e. The van der Waals surface area contributed by atoms with Crippen LogP contribution in [-0.2, 0) is 0 Å². The molecular formula is C17H25F2N. The first-order chi connectivity index (χ1) is 9.57. The first-order valence-corrected chi connectivity index (χ1v) is 7.75. The molecule has 1 atom stereocenters. The van der Waals surface area contributed by atoms with E-state index in [0.29, 0.717) is 0 Å². The minimum absolute atomic E-state index is 0.109. The summed E-state index contributed by atoms with van der Waals surface area (Å²) in [4.78, 5) is 0. The van der Waals surface area contributed by atoms with Gasteiger partial charge in [-0.1, -0.05) is 39.2 Å². The quantitative estimate of drug-likeness (QED) is 0.803. The van der Waals surface area contributed by atoms with Crippen LogP contribution in [0.3, 0.4) is 0 Å². The van der Waals surface area contributed by atoms with E-state index in [1.54, 1.807) is 6.07 Å². The van der Waals surface area contributed by atoms with E-state index in [1.165, 1.54) is 31.4 Å². The molecule has 0 saturated heterocycles. The minimum Gasteiger partial charge on any atom is -0.309 e. The first kappa shape index (κ1) is 15.4. The third-order valence-electron chi connectivity index (χ3n) is 4.57. The predicted molar refractivity (Wildman–Crippen MR) is 78.6 cm³/mol. The van der Waals surface area contributed by atoms with Crippen molar-refractivity contribution in [1.29, 1.82) is 0 Å². The van der Waals surface area contributed by atoms with Crippen molar-refractivity contribution in [1.82, 2.24) is 5.32 Å². The lowest BCUT2D eigenvalue weighted by molar-refractivity contribution is 0.144. The van der Waals surface area contributed by atoms with Gasteiger partial charge in [-0.25, -0.2) is 8.78 Å². The molecule has 1 fully saturated rings. The van der Waals surface area contributed by atoms with E-state index >= 15 is 0 Å². The Balaban J connectivity index is 2.28. The monoisotopic (exact) mass is 281 g/mol. The van der Waals surface area contributed by atoms with Gasteiger partial charge in [0, 0.05) is 6.04 Å². The highest BCUT2D eigenvalue weighted by Crippen LogP contribution is 2.45. The third kappa shape index (κ3) is 3.38. The van der Waals surface area contributed by atoms with Gasteiger partial charge in [-0.2, -0.15) is 0 Å². The van der Waals surface area contributed by atoms with E-state index in [1.807, 2.05) is 0 Å². The first-order valence-electron chi connectivity index (χ1n) is 7.75. The Kier molecular flexibility index (Phi) is 5.14. The van der Waals surface area contributed by atoms with E-state index in [-0.39, 0.29) is 11.5 Å². The van der Waals surface area contributed by atoms with Crippen molar-refractivity contribution >= 4 is 0 Å². The average Bonchev–Trinajstić information content (AvgIpc) is 2.43. The summed E-state index contributed by atoms with van der Waals surface area (Å²) in [6.07, 6.45) is 7.07. The van der Waals surface area contributed by atoms with Gasteiger partial charge in [-0.05, 0) is 48.9 Å². The molecule has 0 amide bonds. The summed E-state index contributed by atoms with van der Waals surface area (Å²) in [5.74, 6) is -1.51. The van der Waals surface area contributed by atoms with Gasteiger partial charge < -0.3 is 5.32 Å². The summed E-state index contributed by atoms with van der Waals surface area (Å²) < 4.78 is 26.7. The fourth-order valence-corrected chi connectivity index (χ4v) is 3.40. The maximum absolute atomic E-state index is 13.6. The highest BCUT2D eigenvalue weighted by molar-refractivity contribution is 5.23. The van der Waals surface area contributed by atoms with Crippen LogP contribution in [0.25, 0.3) is 0 Å². The van der Waals surface area contributed by atoms with E-state index in [9.17, 15) is 8.78 Å². The smallest absolute Gasteiger partial charge is 0.159 e. The molecule has 0 aromatic heterocycles. The van der Waals surface area contributed by atoms with Crippen molar-refractivity contribution in [3.8, 4) is 0 Å². The van der Waals surface area contributed by atoms with Gasteiger partial charge in [0.25, 0.3) is 0 Å². The summed E-state index contributed by atoms with van der Waals surface area (Å²) in [5.41, 5.74) is 1.01. The average molecular weight is 281 g/mol. The van der Waals surface area contributed by atoms with Crippen molar-refractivity contribution in [2.45, 2.75) is 58.4 Å². The lowest BCUT2D eigenvalue weighted by atomic mass is 9.68. The Labute approximate surface area is 120 Å². The largest absolute Gasteiger partial charge is 0.309 e. The maximum atomic E-state index is 13.6. The molecule has 1 aliphatic carbocycles. The SMILES string of the molecule is CCCNC(c1ccc(F)c(F)c1)C1(C)CCCCC1. The highest BCUT2D eigenvalue weighted by Gasteiger charge is 2.36. The normalized spacial score (nSPS) is 19.8. The van der Waals surface area contributed by atoms with Gasteiger partial charge in [-0.3, -0.25) is 0 Å². The number of hydrogen-bond donors (Lipinski definition) is 1. The fraction of sp³-hybridized carbons (Fsp3) is 0.647. The molecule has 1 aliphatic rings. The van der Waals surface area contributed by atoms with E-state index in [2.05, 4.69) is 19.2 Å². The number of benzene rings is 1. The Morgan fingerprint density at radius 1 is 1.15 bits per heavy atom. The van der Waals surface area contributed by atoms with Gasteiger partial charge in [0.05, 0.1) is 0 Å². The molecule has 1 nitrogen and oxygen atoms in total. The van der Waals surface area contributed by atoms with Crippen LogP contribution in [0.15, 0.2) is 18.2 Å². The zero-order chi connectivity index (χ0) is 14.6. The molecule has 1 N–H and O–H groups in total. The summed E-state index contributed by atoms with van der Waals surface area (Å²) in [7, 11) is 0. The Bertz CT molecular complexity index is 439. The van der Waals surface area contributed by atoms with Crippen molar-refractivity contribution in [2.75, 3.05) is 6.54 Å². The van der Waals surface area contributed by atoms with Crippen LogP contribution in [0.4, 0.5) is 8.78 Å². The topological polar surface area (TPSA) is 12.0 Å². The standard InChI is InChI=1S/C17H25F2N/c1-3-11-20-16(17(2)9-5-4-6-10-17)13-7-8-14(18)15(19)12-13/h7-8,12,16,20H,3-6,9-11H2,1-2H3.